The lowest BCUT2D eigenvalue weighted by Gasteiger charge is -2.25. The van der Waals surface area contributed by atoms with Gasteiger partial charge in [0.25, 0.3) is 0 Å². The van der Waals surface area contributed by atoms with Gasteiger partial charge < -0.3 is 15.2 Å². The Morgan fingerprint density at radius 3 is 2.85 bits per heavy atom. The fourth-order valence-electron chi connectivity index (χ4n) is 2.53. The minimum atomic E-state index is -0.362. The third-order valence-electron chi connectivity index (χ3n) is 3.30. The number of nitrogens with one attached hydrogen (secondary N) is 1. The molecule has 0 fully saturated rings. The zero-order valence-corrected chi connectivity index (χ0v) is 12.5. The van der Waals surface area contributed by atoms with Crippen molar-refractivity contribution in [2.75, 3.05) is 6.61 Å². The Morgan fingerprint density at radius 1 is 1.40 bits per heavy atom. The van der Waals surface area contributed by atoms with E-state index in [4.69, 9.17) is 20.6 Å². The third kappa shape index (κ3) is 3.73. The second-order valence-electron chi connectivity index (χ2n) is 6.25. The summed E-state index contributed by atoms with van der Waals surface area (Å²) in [5.41, 5.74) is 8.14. The first kappa shape index (κ1) is 14.9. The molecule has 0 bridgehead atoms. The molecule has 0 heterocycles. The molecule has 0 aromatic heterocycles. The number of benzene rings is 1. The van der Waals surface area contributed by atoms with E-state index in [0.29, 0.717) is 0 Å². The molecule has 0 radical (unpaired) electrons. The Labute approximate surface area is 120 Å². The van der Waals surface area contributed by atoms with Gasteiger partial charge in [0.15, 0.2) is 6.61 Å². The van der Waals surface area contributed by atoms with Crippen molar-refractivity contribution in [3.63, 3.8) is 0 Å². The molecule has 0 aliphatic heterocycles. The monoisotopic (exact) mass is 276 g/mol. The molecular weight excluding hydrogens is 252 g/mol. The quantitative estimate of drug-likeness (QED) is 0.658. The summed E-state index contributed by atoms with van der Waals surface area (Å²) in [7, 11) is 0. The van der Waals surface area contributed by atoms with Crippen LogP contribution in [0.25, 0.3) is 0 Å². The molecule has 1 atom stereocenters. The molecule has 0 saturated carbocycles. The van der Waals surface area contributed by atoms with E-state index < -0.39 is 0 Å². The zero-order valence-electron chi connectivity index (χ0n) is 12.5. The summed E-state index contributed by atoms with van der Waals surface area (Å²) < 4.78 is 11.2. The lowest BCUT2D eigenvalue weighted by Crippen LogP contribution is -2.27. The Morgan fingerprint density at radius 2 is 2.15 bits per heavy atom. The highest BCUT2D eigenvalue weighted by molar-refractivity contribution is 5.74. The van der Waals surface area contributed by atoms with Crippen LogP contribution < -0.4 is 10.5 Å². The number of hydrogen-bond acceptors (Lipinski definition) is 4. The van der Waals surface area contributed by atoms with E-state index in [1.165, 1.54) is 11.1 Å². The van der Waals surface area contributed by atoms with Crippen molar-refractivity contribution in [3.05, 3.63) is 29.3 Å². The molecule has 0 saturated heterocycles. The summed E-state index contributed by atoms with van der Waals surface area (Å²) in [6.45, 7) is 5.92. The van der Waals surface area contributed by atoms with E-state index in [-0.39, 0.29) is 24.1 Å². The summed E-state index contributed by atoms with van der Waals surface area (Å²) in [5, 5.41) is 7.80. The van der Waals surface area contributed by atoms with Crippen LogP contribution in [0.3, 0.4) is 0 Å². The topological polar surface area (TPSA) is 68.3 Å². The van der Waals surface area contributed by atoms with E-state index in [9.17, 15) is 0 Å². The van der Waals surface area contributed by atoms with Gasteiger partial charge in [0, 0.05) is 6.04 Å². The number of fused-ring (bicyclic) bond motifs is 1. The van der Waals surface area contributed by atoms with Crippen molar-refractivity contribution < 1.29 is 9.47 Å². The van der Waals surface area contributed by atoms with Crippen molar-refractivity contribution in [1.82, 2.24) is 0 Å². The summed E-state index contributed by atoms with van der Waals surface area (Å²) >= 11 is 0. The van der Waals surface area contributed by atoms with E-state index >= 15 is 0 Å². The highest BCUT2D eigenvalue weighted by Crippen LogP contribution is 2.34. The molecule has 4 heteroatoms. The van der Waals surface area contributed by atoms with Crippen LogP contribution in [0.1, 0.15) is 50.8 Å². The Hall–Kier alpha value is -1.55. The van der Waals surface area contributed by atoms with Gasteiger partial charge in [0.2, 0.25) is 5.90 Å². The maximum Gasteiger partial charge on any atom is 0.220 e. The SMILES string of the molecule is CC(C)(C)OC(=N)COc1cccc2c1CCC[C@H]2N. The van der Waals surface area contributed by atoms with Crippen molar-refractivity contribution in [1.29, 1.82) is 5.41 Å². The average molecular weight is 276 g/mol. The Bertz CT molecular complexity index is 492. The van der Waals surface area contributed by atoms with Gasteiger partial charge in [-0.1, -0.05) is 12.1 Å². The Kier molecular flexibility index (Phi) is 4.33. The smallest absolute Gasteiger partial charge is 0.220 e. The number of hydrogen-bond donors (Lipinski definition) is 2. The lowest BCUT2D eigenvalue weighted by molar-refractivity contribution is 0.103. The van der Waals surface area contributed by atoms with Gasteiger partial charge >= 0.3 is 0 Å². The van der Waals surface area contributed by atoms with E-state index in [1.54, 1.807) is 0 Å². The first-order valence-corrected chi connectivity index (χ1v) is 7.13. The van der Waals surface area contributed by atoms with E-state index in [0.717, 1.165) is 25.0 Å². The number of nitrogens with two attached hydrogens (primary N) is 1. The molecule has 1 aromatic rings. The van der Waals surface area contributed by atoms with Crippen LogP contribution in [-0.2, 0) is 11.2 Å². The van der Waals surface area contributed by atoms with Crippen LogP contribution in [0.5, 0.6) is 5.75 Å². The molecular formula is C16H24N2O2. The molecule has 0 amide bonds. The minimum absolute atomic E-state index is 0.104. The van der Waals surface area contributed by atoms with Crippen LogP contribution in [0.2, 0.25) is 0 Å². The van der Waals surface area contributed by atoms with Gasteiger partial charge in [-0.05, 0) is 57.2 Å². The van der Waals surface area contributed by atoms with Crippen LogP contribution in [0.15, 0.2) is 18.2 Å². The van der Waals surface area contributed by atoms with E-state index in [1.807, 2.05) is 32.9 Å². The molecule has 4 nitrogen and oxygen atoms in total. The third-order valence-corrected chi connectivity index (χ3v) is 3.30. The normalized spacial score (nSPS) is 18.3. The maximum atomic E-state index is 7.80. The summed E-state index contributed by atoms with van der Waals surface area (Å²) in [5.74, 6) is 0.982. The molecule has 110 valence electrons. The number of ether oxygens (including phenoxy) is 2. The van der Waals surface area contributed by atoms with Crippen molar-refractivity contribution >= 4 is 5.90 Å². The molecule has 1 aliphatic rings. The van der Waals surface area contributed by atoms with Crippen LogP contribution in [0.4, 0.5) is 0 Å². The second-order valence-corrected chi connectivity index (χ2v) is 6.25. The van der Waals surface area contributed by atoms with Gasteiger partial charge in [-0.25, -0.2) is 0 Å². The van der Waals surface area contributed by atoms with Crippen LogP contribution in [-0.4, -0.2) is 18.1 Å². The molecule has 3 N–H and O–H groups in total. The van der Waals surface area contributed by atoms with Crippen LogP contribution in [0, 0.1) is 5.41 Å². The van der Waals surface area contributed by atoms with E-state index in [2.05, 4.69) is 6.07 Å². The van der Waals surface area contributed by atoms with Crippen molar-refractivity contribution in [2.24, 2.45) is 5.73 Å². The highest BCUT2D eigenvalue weighted by atomic mass is 16.5. The Balaban J connectivity index is 2.04. The van der Waals surface area contributed by atoms with Crippen molar-refractivity contribution in [2.45, 2.75) is 51.7 Å². The predicted octanol–water partition coefficient (Wildman–Crippen LogP) is 3.19. The largest absolute Gasteiger partial charge is 0.484 e. The number of rotatable bonds is 3. The zero-order chi connectivity index (χ0) is 14.8. The first-order valence-electron chi connectivity index (χ1n) is 7.13. The first-order chi connectivity index (χ1) is 9.37. The van der Waals surface area contributed by atoms with Crippen molar-refractivity contribution in [3.8, 4) is 5.75 Å². The molecule has 1 aliphatic carbocycles. The molecule has 2 rings (SSSR count). The lowest BCUT2D eigenvalue weighted by atomic mass is 9.88. The minimum Gasteiger partial charge on any atom is -0.484 e. The molecule has 20 heavy (non-hydrogen) atoms. The predicted molar refractivity (Wildman–Crippen MR) is 80.4 cm³/mol. The second kappa shape index (κ2) is 5.83. The van der Waals surface area contributed by atoms with Gasteiger partial charge in [0.1, 0.15) is 11.4 Å². The average Bonchev–Trinajstić information content (AvgIpc) is 2.35. The fourth-order valence-corrected chi connectivity index (χ4v) is 2.53. The van der Waals surface area contributed by atoms with Gasteiger partial charge in [-0.3, -0.25) is 5.41 Å². The van der Waals surface area contributed by atoms with Gasteiger partial charge in [-0.2, -0.15) is 0 Å². The molecule has 1 aromatic carbocycles. The molecule has 0 spiro atoms. The standard InChI is InChI=1S/C16H24N2O2/c1-16(2,3)20-15(18)10-19-14-9-5-6-11-12(14)7-4-8-13(11)17/h5-6,9,13,18H,4,7-8,10,17H2,1-3H3/t13-/m1/s1. The van der Waals surface area contributed by atoms with Crippen LogP contribution >= 0.6 is 0 Å². The van der Waals surface area contributed by atoms with Gasteiger partial charge in [0.05, 0.1) is 0 Å². The summed E-state index contributed by atoms with van der Waals surface area (Å²) in [6.07, 6.45) is 3.11. The molecule has 0 unspecified atom stereocenters. The van der Waals surface area contributed by atoms with Gasteiger partial charge in [-0.15, -0.1) is 0 Å². The summed E-state index contributed by atoms with van der Waals surface area (Å²) in [6, 6.07) is 6.09. The fraction of sp³-hybridized carbons (Fsp3) is 0.562. The summed E-state index contributed by atoms with van der Waals surface area (Å²) in [4.78, 5) is 0. The highest BCUT2D eigenvalue weighted by Gasteiger charge is 2.20. The maximum absolute atomic E-state index is 7.80.